The van der Waals surface area contributed by atoms with Crippen LogP contribution in [0.2, 0.25) is 5.02 Å². The first-order valence-corrected chi connectivity index (χ1v) is 10.2. The lowest BCUT2D eigenvalue weighted by molar-refractivity contribution is -0.265. The summed E-state index contributed by atoms with van der Waals surface area (Å²) in [5.41, 5.74) is -3.41. The number of alkyl halides is 8. The van der Waals surface area contributed by atoms with E-state index >= 15 is 0 Å². The number of amides is 2. The Bertz CT molecular complexity index is 1070. The number of carbonyl (C=O) groups is 2. The highest BCUT2D eigenvalue weighted by molar-refractivity contribution is 6.49. The van der Waals surface area contributed by atoms with Crippen LogP contribution in [-0.2, 0) is 4.79 Å². The van der Waals surface area contributed by atoms with Crippen LogP contribution < -0.4 is 16.4 Å². The van der Waals surface area contributed by atoms with Gasteiger partial charge >= 0.3 is 18.3 Å². The first kappa shape index (κ1) is 28.3. The Kier molecular flexibility index (Phi) is 8.09. The van der Waals surface area contributed by atoms with Gasteiger partial charge in [0.15, 0.2) is 0 Å². The predicted molar refractivity (Wildman–Crippen MR) is 111 cm³/mol. The molecule has 2 amide bonds. The zero-order chi connectivity index (χ0) is 26.9. The Hall–Kier alpha value is -2.90. The predicted octanol–water partition coefficient (Wildman–Crippen LogP) is 4.85. The minimum atomic E-state index is -6.47. The van der Waals surface area contributed by atoms with Gasteiger partial charge in [0.1, 0.15) is 17.0 Å². The van der Waals surface area contributed by atoms with Crippen molar-refractivity contribution < 1.29 is 44.7 Å². The van der Waals surface area contributed by atoms with Crippen LogP contribution in [0.5, 0.6) is 0 Å². The molecule has 1 saturated carbocycles. The molecule has 0 aromatic heterocycles. The monoisotopic (exact) mass is 534 g/mol. The Morgan fingerprint density at radius 1 is 1.14 bits per heavy atom. The maximum atomic E-state index is 13.6. The molecule has 0 bridgehead atoms. The number of carbonyl (C=O) groups excluding carboxylic acids is 2. The molecule has 1 aromatic rings. The van der Waals surface area contributed by atoms with E-state index in [1.165, 1.54) is 0 Å². The summed E-state index contributed by atoms with van der Waals surface area (Å²) in [6.45, 7) is 1.92. The third-order valence-corrected chi connectivity index (χ3v) is 5.48. The Labute approximate surface area is 198 Å². The fourth-order valence-corrected chi connectivity index (χ4v) is 3.34. The van der Waals surface area contributed by atoms with Crippen LogP contribution in [-0.4, -0.2) is 48.9 Å². The zero-order valence-electron chi connectivity index (χ0n) is 18.0. The zero-order valence-corrected chi connectivity index (χ0v) is 18.8. The molecule has 2 unspecified atom stereocenters. The SMILES string of the molecule is CCC1CC1NC(=O)c1cc(NC(=O)C(=NC)C(=C(N)C(F)(F)C(F)(F)F)C(F)(F)F)ccc1Cl. The molecule has 0 aliphatic heterocycles. The van der Waals surface area contributed by atoms with Crippen molar-refractivity contribution in [3.63, 3.8) is 0 Å². The number of nitrogens with two attached hydrogens (primary N) is 1. The summed E-state index contributed by atoms with van der Waals surface area (Å²) in [4.78, 5) is 27.9. The third-order valence-electron chi connectivity index (χ3n) is 5.15. The van der Waals surface area contributed by atoms with Crippen molar-refractivity contribution in [3.05, 3.63) is 40.1 Å². The second-order valence-corrected chi connectivity index (χ2v) is 7.97. The van der Waals surface area contributed by atoms with Gasteiger partial charge in [-0.15, -0.1) is 0 Å². The van der Waals surface area contributed by atoms with Crippen molar-refractivity contribution in [2.24, 2.45) is 16.6 Å². The lowest BCUT2D eigenvalue weighted by Gasteiger charge is -2.24. The number of anilines is 1. The fraction of sp³-hybridized carbons (Fsp3) is 0.450. The van der Waals surface area contributed by atoms with Gasteiger partial charge in [-0.25, -0.2) is 0 Å². The van der Waals surface area contributed by atoms with E-state index in [0.29, 0.717) is 7.05 Å². The Morgan fingerprint density at radius 3 is 2.20 bits per heavy atom. The van der Waals surface area contributed by atoms with Gasteiger partial charge in [0.25, 0.3) is 11.8 Å². The molecule has 1 aliphatic rings. The quantitative estimate of drug-likeness (QED) is 0.345. The van der Waals surface area contributed by atoms with E-state index in [2.05, 4.69) is 16.0 Å². The average molecular weight is 535 g/mol. The number of hydrogen-bond donors (Lipinski definition) is 3. The molecule has 1 aromatic carbocycles. The molecule has 0 saturated heterocycles. The Balaban J connectivity index is 2.39. The topological polar surface area (TPSA) is 96.6 Å². The molecule has 4 N–H and O–H groups in total. The molecule has 0 spiro atoms. The number of halogens is 9. The maximum absolute atomic E-state index is 13.6. The molecule has 15 heteroatoms. The van der Waals surface area contributed by atoms with Crippen LogP contribution >= 0.6 is 11.6 Å². The van der Waals surface area contributed by atoms with Crippen molar-refractivity contribution in [3.8, 4) is 0 Å². The number of aliphatic imine (C=N–C) groups is 1. The molecule has 1 fully saturated rings. The number of nitrogens with zero attached hydrogens (tertiary/aromatic N) is 1. The highest BCUT2D eigenvalue weighted by Gasteiger charge is 2.62. The number of allylic oxidation sites excluding steroid dienone is 1. The average Bonchev–Trinajstić information content (AvgIpc) is 3.48. The summed E-state index contributed by atoms with van der Waals surface area (Å²) >= 11 is 5.98. The summed E-state index contributed by atoms with van der Waals surface area (Å²) in [6, 6.07) is 3.10. The summed E-state index contributed by atoms with van der Waals surface area (Å²) in [6.07, 6.45) is -10.8. The van der Waals surface area contributed by atoms with Gasteiger partial charge in [0.2, 0.25) is 0 Å². The van der Waals surface area contributed by atoms with Gasteiger partial charge in [0, 0.05) is 18.8 Å². The molecular formula is C20H19ClF8N4O2. The fourth-order valence-electron chi connectivity index (χ4n) is 3.14. The van der Waals surface area contributed by atoms with E-state index in [9.17, 15) is 44.7 Å². The summed E-state index contributed by atoms with van der Waals surface area (Å²) in [5, 5.41) is 4.50. The minimum absolute atomic E-state index is 0.0662. The first-order chi connectivity index (χ1) is 15.9. The molecule has 194 valence electrons. The lowest BCUT2D eigenvalue weighted by atomic mass is 10.0. The molecule has 1 aliphatic carbocycles. The minimum Gasteiger partial charge on any atom is -0.396 e. The van der Waals surface area contributed by atoms with Crippen molar-refractivity contribution >= 4 is 34.8 Å². The molecule has 0 heterocycles. The van der Waals surface area contributed by atoms with E-state index in [0.717, 1.165) is 31.0 Å². The maximum Gasteiger partial charge on any atom is 0.459 e. The normalized spacial score (nSPS) is 19.7. The van der Waals surface area contributed by atoms with Crippen molar-refractivity contribution in [2.45, 2.75) is 44.1 Å². The van der Waals surface area contributed by atoms with E-state index < -0.39 is 47.1 Å². The highest BCUT2D eigenvalue weighted by atomic mass is 35.5. The van der Waals surface area contributed by atoms with Gasteiger partial charge in [-0.2, -0.15) is 35.1 Å². The molecule has 0 radical (unpaired) electrons. The van der Waals surface area contributed by atoms with Gasteiger partial charge in [-0.1, -0.05) is 24.9 Å². The van der Waals surface area contributed by atoms with Gasteiger partial charge in [0.05, 0.1) is 10.6 Å². The lowest BCUT2D eigenvalue weighted by Crippen LogP contribution is -2.45. The van der Waals surface area contributed by atoms with Crippen molar-refractivity contribution in [1.29, 1.82) is 0 Å². The van der Waals surface area contributed by atoms with Crippen LogP contribution in [0.25, 0.3) is 0 Å². The summed E-state index contributed by atoms with van der Waals surface area (Å²) in [7, 11) is 0.570. The first-order valence-electron chi connectivity index (χ1n) is 9.86. The van der Waals surface area contributed by atoms with Crippen LogP contribution in [0.4, 0.5) is 40.8 Å². The number of benzene rings is 1. The largest absolute Gasteiger partial charge is 0.459 e. The van der Waals surface area contributed by atoms with E-state index in [1.54, 1.807) is 0 Å². The van der Waals surface area contributed by atoms with Crippen LogP contribution in [0.15, 0.2) is 34.5 Å². The number of hydrogen-bond acceptors (Lipinski definition) is 4. The number of nitrogens with one attached hydrogen (secondary N) is 2. The van der Waals surface area contributed by atoms with E-state index in [-0.39, 0.29) is 28.2 Å². The van der Waals surface area contributed by atoms with Gasteiger partial charge in [-0.3, -0.25) is 14.6 Å². The summed E-state index contributed by atoms with van der Waals surface area (Å²) < 4.78 is 105. The number of rotatable bonds is 7. The van der Waals surface area contributed by atoms with Crippen LogP contribution in [0.3, 0.4) is 0 Å². The van der Waals surface area contributed by atoms with Crippen molar-refractivity contribution in [2.75, 3.05) is 12.4 Å². The molecule has 2 rings (SSSR count). The third kappa shape index (κ3) is 6.21. The molecule has 6 nitrogen and oxygen atoms in total. The highest BCUT2D eigenvalue weighted by Crippen LogP contribution is 2.43. The van der Waals surface area contributed by atoms with Gasteiger partial charge in [-0.05, 0) is 30.5 Å². The molecule has 2 atom stereocenters. The molecular weight excluding hydrogens is 516 g/mol. The van der Waals surface area contributed by atoms with Crippen molar-refractivity contribution in [1.82, 2.24) is 5.32 Å². The standard InChI is InChI=1S/C20H19ClF8N4O2/c1-3-8-6-12(8)33-16(34)10-7-9(4-5-11(10)21)32-17(35)14(31-2)13(19(24,25)26)15(30)18(22,23)20(27,28)29/h4-5,7-8,12H,3,6,30H2,1-2H3,(H,32,35)(H,33,34). The Morgan fingerprint density at radius 2 is 1.74 bits per heavy atom. The van der Waals surface area contributed by atoms with Gasteiger partial charge < -0.3 is 16.4 Å². The van der Waals surface area contributed by atoms with Crippen LogP contribution in [0.1, 0.15) is 30.1 Å². The smallest absolute Gasteiger partial charge is 0.396 e. The van der Waals surface area contributed by atoms with E-state index in [4.69, 9.17) is 11.6 Å². The summed E-state index contributed by atoms with van der Waals surface area (Å²) in [5.74, 6) is -8.28. The second kappa shape index (κ2) is 9.99. The molecule has 35 heavy (non-hydrogen) atoms. The van der Waals surface area contributed by atoms with E-state index in [1.807, 2.05) is 12.2 Å². The second-order valence-electron chi connectivity index (χ2n) is 7.56. The van der Waals surface area contributed by atoms with Crippen LogP contribution in [0, 0.1) is 5.92 Å².